The van der Waals surface area contributed by atoms with Crippen LogP contribution in [0.25, 0.3) is 0 Å². The van der Waals surface area contributed by atoms with Crippen LogP contribution in [0.4, 0.5) is 11.4 Å². The van der Waals surface area contributed by atoms with Gasteiger partial charge in [-0.15, -0.1) is 0 Å². The van der Waals surface area contributed by atoms with Gasteiger partial charge in [-0.2, -0.15) is 0 Å². The zero-order valence-electron chi connectivity index (χ0n) is 14.9. The summed E-state index contributed by atoms with van der Waals surface area (Å²) in [6.45, 7) is 2.25. The lowest BCUT2D eigenvalue weighted by molar-refractivity contribution is -0.128. The van der Waals surface area contributed by atoms with Crippen LogP contribution in [0.1, 0.15) is 18.9 Å². The van der Waals surface area contributed by atoms with E-state index >= 15 is 0 Å². The third kappa shape index (κ3) is 5.08. The van der Waals surface area contributed by atoms with Crippen LogP contribution in [0.5, 0.6) is 0 Å². The predicted molar refractivity (Wildman–Crippen MR) is 104 cm³/mol. The van der Waals surface area contributed by atoms with E-state index in [2.05, 4.69) is 10.6 Å². The molecule has 140 valence electrons. The van der Waals surface area contributed by atoms with Crippen LogP contribution in [0.2, 0.25) is 5.02 Å². The molecule has 2 aromatic rings. The molecule has 1 saturated heterocycles. The van der Waals surface area contributed by atoms with Gasteiger partial charge in [0.2, 0.25) is 17.7 Å². The number of hydrogen-bond donors (Lipinski definition) is 2. The smallest absolute Gasteiger partial charge is 0.229 e. The van der Waals surface area contributed by atoms with Crippen molar-refractivity contribution in [1.82, 2.24) is 4.90 Å². The Hall–Kier alpha value is -2.86. The van der Waals surface area contributed by atoms with Crippen molar-refractivity contribution in [3.8, 4) is 0 Å². The molecule has 0 bridgehead atoms. The van der Waals surface area contributed by atoms with Crippen LogP contribution >= 0.6 is 11.6 Å². The fraction of sp³-hybridized carbons (Fsp3) is 0.250. The lowest BCUT2D eigenvalue weighted by atomic mass is 10.1. The summed E-state index contributed by atoms with van der Waals surface area (Å²) in [7, 11) is 0. The molecule has 3 rings (SSSR count). The van der Waals surface area contributed by atoms with E-state index in [-0.39, 0.29) is 24.1 Å². The number of hydrogen-bond acceptors (Lipinski definition) is 3. The quantitative estimate of drug-likeness (QED) is 0.829. The molecule has 6 nitrogen and oxygen atoms in total. The molecule has 27 heavy (non-hydrogen) atoms. The average molecular weight is 386 g/mol. The fourth-order valence-corrected chi connectivity index (χ4v) is 3.16. The summed E-state index contributed by atoms with van der Waals surface area (Å²) in [5.41, 5.74) is 2.15. The topological polar surface area (TPSA) is 78.5 Å². The molecule has 2 aromatic carbocycles. The van der Waals surface area contributed by atoms with Crippen LogP contribution in [0, 0.1) is 5.92 Å². The fourth-order valence-electron chi connectivity index (χ4n) is 3.03. The van der Waals surface area contributed by atoms with Crippen molar-refractivity contribution < 1.29 is 14.4 Å². The third-order valence-corrected chi connectivity index (χ3v) is 4.57. The monoisotopic (exact) mass is 385 g/mol. The molecule has 2 N–H and O–H groups in total. The summed E-state index contributed by atoms with van der Waals surface area (Å²) in [6, 6.07) is 14.2. The van der Waals surface area contributed by atoms with Gasteiger partial charge in [-0.05, 0) is 35.9 Å². The highest BCUT2D eigenvalue weighted by Crippen LogP contribution is 2.23. The minimum atomic E-state index is -0.408. The van der Waals surface area contributed by atoms with E-state index in [1.54, 1.807) is 41.3 Å². The van der Waals surface area contributed by atoms with Crippen LogP contribution in [-0.4, -0.2) is 29.2 Å². The van der Waals surface area contributed by atoms with E-state index < -0.39 is 5.92 Å². The Kier molecular flexibility index (Phi) is 5.76. The van der Waals surface area contributed by atoms with E-state index in [1.165, 1.54) is 6.92 Å². The molecule has 1 aliphatic heterocycles. The van der Waals surface area contributed by atoms with Crippen molar-refractivity contribution in [2.24, 2.45) is 5.92 Å². The zero-order chi connectivity index (χ0) is 19.4. The van der Waals surface area contributed by atoms with E-state index in [4.69, 9.17) is 11.6 Å². The van der Waals surface area contributed by atoms with Gasteiger partial charge in [0.15, 0.2) is 0 Å². The summed E-state index contributed by atoms with van der Waals surface area (Å²) >= 11 is 5.88. The summed E-state index contributed by atoms with van der Waals surface area (Å²) in [5, 5.41) is 6.14. The third-order valence-electron chi connectivity index (χ3n) is 4.32. The van der Waals surface area contributed by atoms with Gasteiger partial charge in [0, 0.05) is 42.8 Å². The lowest BCUT2D eigenvalue weighted by Gasteiger charge is -2.17. The number of amides is 3. The highest BCUT2D eigenvalue weighted by atomic mass is 35.5. The molecule has 0 spiro atoms. The molecule has 0 aromatic heterocycles. The molecule has 0 aliphatic carbocycles. The van der Waals surface area contributed by atoms with Crippen LogP contribution in [-0.2, 0) is 20.9 Å². The zero-order valence-corrected chi connectivity index (χ0v) is 15.6. The van der Waals surface area contributed by atoms with E-state index in [0.717, 1.165) is 5.56 Å². The van der Waals surface area contributed by atoms with Gasteiger partial charge >= 0.3 is 0 Å². The number of halogens is 1. The van der Waals surface area contributed by atoms with Crippen molar-refractivity contribution in [3.63, 3.8) is 0 Å². The van der Waals surface area contributed by atoms with Crippen LogP contribution in [0.15, 0.2) is 48.5 Å². The van der Waals surface area contributed by atoms with Crippen molar-refractivity contribution >= 4 is 40.7 Å². The average Bonchev–Trinajstić information content (AvgIpc) is 2.97. The molecular weight excluding hydrogens is 366 g/mol. The van der Waals surface area contributed by atoms with Gasteiger partial charge in [-0.1, -0.05) is 29.8 Å². The molecule has 3 amide bonds. The molecule has 0 saturated carbocycles. The number of carbonyl (C=O) groups excluding carboxylic acids is 3. The van der Waals surface area contributed by atoms with Crippen molar-refractivity contribution in [3.05, 3.63) is 59.1 Å². The Morgan fingerprint density at radius 1 is 1.11 bits per heavy atom. The Labute approximate surface area is 162 Å². The second kappa shape index (κ2) is 8.22. The van der Waals surface area contributed by atoms with Crippen molar-refractivity contribution in [1.29, 1.82) is 0 Å². The second-order valence-electron chi connectivity index (χ2n) is 6.55. The molecule has 1 heterocycles. The molecule has 1 fully saturated rings. The van der Waals surface area contributed by atoms with Gasteiger partial charge in [-0.25, -0.2) is 0 Å². The Balaban J connectivity index is 1.60. The van der Waals surface area contributed by atoms with Crippen molar-refractivity contribution in [2.75, 3.05) is 17.2 Å². The second-order valence-corrected chi connectivity index (χ2v) is 6.99. The SMILES string of the molecule is CC(=O)Nc1cccc(NC(=O)C2CC(=O)N(Cc3ccc(Cl)cc3)C2)c1. The molecule has 1 aliphatic rings. The molecule has 1 unspecified atom stereocenters. The Morgan fingerprint density at radius 3 is 2.44 bits per heavy atom. The van der Waals surface area contributed by atoms with E-state index in [0.29, 0.717) is 29.5 Å². The van der Waals surface area contributed by atoms with E-state index in [9.17, 15) is 14.4 Å². The molecule has 7 heteroatoms. The summed E-state index contributed by atoms with van der Waals surface area (Å²) < 4.78 is 0. The maximum atomic E-state index is 12.5. The number of nitrogens with one attached hydrogen (secondary N) is 2. The number of carbonyl (C=O) groups is 3. The van der Waals surface area contributed by atoms with Gasteiger partial charge in [-0.3, -0.25) is 14.4 Å². The molecule has 1 atom stereocenters. The van der Waals surface area contributed by atoms with Gasteiger partial charge in [0.25, 0.3) is 0 Å². The lowest BCUT2D eigenvalue weighted by Crippen LogP contribution is -2.28. The predicted octanol–water partition coefficient (Wildman–Crippen LogP) is 3.29. The molecule has 0 radical (unpaired) electrons. The summed E-state index contributed by atoms with van der Waals surface area (Å²) in [6.07, 6.45) is 0.185. The summed E-state index contributed by atoms with van der Waals surface area (Å²) in [4.78, 5) is 37.6. The Bertz CT molecular complexity index is 867. The van der Waals surface area contributed by atoms with Gasteiger partial charge in [0.05, 0.1) is 5.92 Å². The number of rotatable bonds is 5. The number of nitrogens with zero attached hydrogens (tertiary/aromatic N) is 1. The number of benzene rings is 2. The molecular formula is C20H20ClN3O3. The van der Waals surface area contributed by atoms with Crippen molar-refractivity contribution in [2.45, 2.75) is 19.9 Å². The largest absolute Gasteiger partial charge is 0.338 e. The van der Waals surface area contributed by atoms with Crippen LogP contribution < -0.4 is 10.6 Å². The summed E-state index contributed by atoms with van der Waals surface area (Å²) in [5.74, 6) is -0.842. The highest BCUT2D eigenvalue weighted by molar-refractivity contribution is 6.30. The standard InChI is InChI=1S/C20H20ClN3O3/c1-13(25)22-17-3-2-4-18(10-17)23-20(27)15-9-19(26)24(12-15)11-14-5-7-16(21)8-6-14/h2-8,10,15H,9,11-12H2,1H3,(H,22,25)(H,23,27). The maximum absolute atomic E-state index is 12.5. The van der Waals surface area contributed by atoms with Crippen LogP contribution in [0.3, 0.4) is 0 Å². The first kappa shape index (κ1) is 18.9. The highest BCUT2D eigenvalue weighted by Gasteiger charge is 2.34. The van der Waals surface area contributed by atoms with E-state index in [1.807, 2.05) is 12.1 Å². The first-order chi connectivity index (χ1) is 12.9. The minimum absolute atomic E-state index is 0.0444. The first-order valence-electron chi connectivity index (χ1n) is 8.61. The Morgan fingerprint density at radius 2 is 1.78 bits per heavy atom. The number of likely N-dealkylation sites (tertiary alicyclic amines) is 1. The normalized spacial score (nSPS) is 16.3. The van der Waals surface area contributed by atoms with Gasteiger partial charge in [0.1, 0.15) is 0 Å². The minimum Gasteiger partial charge on any atom is -0.338 e. The first-order valence-corrected chi connectivity index (χ1v) is 8.99. The van der Waals surface area contributed by atoms with Gasteiger partial charge < -0.3 is 15.5 Å². The number of anilines is 2. The maximum Gasteiger partial charge on any atom is 0.229 e.